The van der Waals surface area contributed by atoms with E-state index in [9.17, 15) is 13.2 Å². The van der Waals surface area contributed by atoms with Crippen LogP contribution >= 0.6 is 0 Å². The minimum absolute atomic E-state index is 0.00802. The van der Waals surface area contributed by atoms with Gasteiger partial charge < -0.3 is 0 Å². The molecule has 0 heterocycles. The van der Waals surface area contributed by atoms with E-state index in [1.54, 1.807) is 12.1 Å². The van der Waals surface area contributed by atoms with E-state index in [2.05, 4.69) is 0 Å². The van der Waals surface area contributed by atoms with Crippen molar-refractivity contribution in [3.63, 3.8) is 0 Å². The van der Waals surface area contributed by atoms with Gasteiger partial charge in [0.1, 0.15) is 0 Å². The summed E-state index contributed by atoms with van der Waals surface area (Å²) >= 11 is 0. The molecule has 0 aliphatic carbocycles. The van der Waals surface area contributed by atoms with Crippen LogP contribution in [0.4, 0.5) is 0 Å². The number of aryl methyl sites for hydroxylation is 2. The summed E-state index contributed by atoms with van der Waals surface area (Å²) in [5.41, 5.74) is 1.88. The Balaban J connectivity index is 2.07. The molecule has 5 nitrogen and oxygen atoms in total. The number of carbonyl (C=O) groups excluding carboxylic acids is 1. The Morgan fingerprint density at radius 2 is 1.64 bits per heavy atom. The molecule has 116 valence electrons. The predicted molar refractivity (Wildman–Crippen MR) is 84.2 cm³/mol. The number of nitrogens with zero attached hydrogens (tertiary/aromatic N) is 1. The molecule has 22 heavy (non-hydrogen) atoms. The van der Waals surface area contributed by atoms with Crippen molar-refractivity contribution >= 4 is 15.9 Å². The summed E-state index contributed by atoms with van der Waals surface area (Å²) in [5.74, 6) is 4.89. The van der Waals surface area contributed by atoms with Gasteiger partial charge in [-0.05, 0) is 31.0 Å². The molecule has 1 amide bonds. The number of carbonyl (C=O) groups is 1. The highest BCUT2D eigenvalue weighted by Crippen LogP contribution is 2.15. The van der Waals surface area contributed by atoms with Crippen molar-refractivity contribution in [3.05, 3.63) is 65.7 Å². The Morgan fingerprint density at radius 1 is 1.05 bits per heavy atom. The molecule has 2 rings (SSSR count). The van der Waals surface area contributed by atoms with Crippen LogP contribution in [-0.2, 0) is 21.2 Å². The van der Waals surface area contributed by atoms with Crippen molar-refractivity contribution in [2.24, 2.45) is 5.84 Å². The van der Waals surface area contributed by atoms with Gasteiger partial charge in [0.25, 0.3) is 15.9 Å². The number of hydrogen-bond donors (Lipinski definition) is 1. The minimum atomic E-state index is -4.00. The highest BCUT2D eigenvalue weighted by Gasteiger charge is 2.25. The normalized spacial score (nSPS) is 11.2. The number of benzene rings is 2. The van der Waals surface area contributed by atoms with Gasteiger partial charge in [0.2, 0.25) is 0 Å². The highest BCUT2D eigenvalue weighted by atomic mass is 32.2. The van der Waals surface area contributed by atoms with Gasteiger partial charge in [-0.3, -0.25) is 4.79 Å². The molecule has 2 aromatic rings. The van der Waals surface area contributed by atoms with E-state index in [1.807, 2.05) is 37.3 Å². The molecule has 0 fully saturated rings. The Labute approximate surface area is 130 Å². The van der Waals surface area contributed by atoms with Crippen LogP contribution in [0.2, 0.25) is 0 Å². The van der Waals surface area contributed by atoms with Crippen LogP contribution in [0.5, 0.6) is 0 Å². The van der Waals surface area contributed by atoms with Crippen molar-refractivity contribution in [2.45, 2.75) is 24.7 Å². The lowest BCUT2D eigenvalue weighted by atomic mass is 10.1. The second-order valence-corrected chi connectivity index (χ2v) is 6.81. The number of rotatable bonds is 5. The van der Waals surface area contributed by atoms with Crippen molar-refractivity contribution in [1.82, 2.24) is 4.41 Å². The van der Waals surface area contributed by atoms with E-state index in [0.717, 1.165) is 11.1 Å². The third-order valence-electron chi connectivity index (χ3n) is 3.29. The molecule has 2 aromatic carbocycles. The summed E-state index contributed by atoms with van der Waals surface area (Å²) in [6, 6.07) is 15.6. The quantitative estimate of drug-likeness (QED) is 0.519. The first kappa shape index (κ1) is 16.2. The van der Waals surface area contributed by atoms with Gasteiger partial charge in [0, 0.05) is 6.42 Å². The highest BCUT2D eigenvalue weighted by molar-refractivity contribution is 7.89. The summed E-state index contributed by atoms with van der Waals surface area (Å²) in [4.78, 5) is 12.0. The van der Waals surface area contributed by atoms with Crippen LogP contribution in [0.3, 0.4) is 0 Å². The van der Waals surface area contributed by atoms with E-state index in [1.165, 1.54) is 12.1 Å². The average molecular weight is 318 g/mol. The van der Waals surface area contributed by atoms with Gasteiger partial charge in [0.05, 0.1) is 4.90 Å². The molecule has 0 unspecified atom stereocenters. The number of hydrazine groups is 1. The van der Waals surface area contributed by atoms with E-state index in [4.69, 9.17) is 5.84 Å². The van der Waals surface area contributed by atoms with Gasteiger partial charge >= 0.3 is 0 Å². The maximum absolute atomic E-state index is 12.3. The average Bonchev–Trinajstić information content (AvgIpc) is 2.53. The summed E-state index contributed by atoms with van der Waals surface area (Å²) in [6.45, 7) is 1.85. The summed E-state index contributed by atoms with van der Waals surface area (Å²) in [7, 11) is -4.00. The molecular formula is C16H18N2O3S. The van der Waals surface area contributed by atoms with Crippen molar-refractivity contribution < 1.29 is 13.2 Å². The fourth-order valence-electron chi connectivity index (χ4n) is 1.96. The predicted octanol–water partition coefficient (Wildman–Crippen LogP) is 2.02. The minimum Gasteiger partial charge on any atom is -0.272 e. The number of sulfonamides is 1. The lowest BCUT2D eigenvalue weighted by Gasteiger charge is -2.17. The van der Waals surface area contributed by atoms with E-state index in [0.29, 0.717) is 10.8 Å². The van der Waals surface area contributed by atoms with Crippen LogP contribution in [0, 0.1) is 6.92 Å². The zero-order chi connectivity index (χ0) is 16.2. The van der Waals surface area contributed by atoms with Crippen LogP contribution in [0.1, 0.15) is 17.5 Å². The van der Waals surface area contributed by atoms with Gasteiger partial charge in [-0.25, -0.2) is 5.84 Å². The summed E-state index contributed by atoms with van der Waals surface area (Å²) in [5, 5.41) is 0. The van der Waals surface area contributed by atoms with E-state index < -0.39 is 15.9 Å². The molecule has 0 aliphatic heterocycles. The molecule has 0 saturated heterocycles. The van der Waals surface area contributed by atoms with Gasteiger partial charge in [-0.2, -0.15) is 12.8 Å². The maximum Gasteiger partial charge on any atom is 0.280 e. The third-order valence-corrected chi connectivity index (χ3v) is 4.88. The first-order chi connectivity index (χ1) is 10.4. The molecule has 2 N–H and O–H groups in total. The van der Waals surface area contributed by atoms with Gasteiger partial charge in [0.15, 0.2) is 0 Å². The SMILES string of the molecule is Cc1ccc(S(=O)(=O)N(N)C(=O)CCc2ccccc2)cc1. The van der Waals surface area contributed by atoms with Crippen molar-refractivity contribution in [1.29, 1.82) is 0 Å². The van der Waals surface area contributed by atoms with Crippen molar-refractivity contribution in [3.8, 4) is 0 Å². The molecular weight excluding hydrogens is 300 g/mol. The van der Waals surface area contributed by atoms with Gasteiger partial charge in [-0.15, -0.1) is 0 Å². The monoisotopic (exact) mass is 318 g/mol. The Bertz CT molecular complexity index is 741. The molecule has 0 saturated carbocycles. The number of hydrogen-bond acceptors (Lipinski definition) is 4. The second-order valence-electron chi connectivity index (χ2n) is 4.99. The second kappa shape index (κ2) is 6.72. The molecule has 0 aliphatic rings. The zero-order valence-corrected chi connectivity index (χ0v) is 13.1. The Hall–Kier alpha value is -2.18. The summed E-state index contributed by atoms with van der Waals surface area (Å²) in [6.07, 6.45) is 0.475. The fourth-order valence-corrected chi connectivity index (χ4v) is 3.03. The zero-order valence-electron chi connectivity index (χ0n) is 12.3. The lowest BCUT2D eigenvalue weighted by molar-refractivity contribution is -0.126. The smallest absolute Gasteiger partial charge is 0.272 e. The van der Waals surface area contributed by atoms with Gasteiger partial charge in [-0.1, -0.05) is 48.0 Å². The Morgan fingerprint density at radius 3 is 2.23 bits per heavy atom. The molecule has 6 heteroatoms. The first-order valence-electron chi connectivity index (χ1n) is 6.85. The van der Waals surface area contributed by atoms with E-state index >= 15 is 0 Å². The molecule has 0 bridgehead atoms. The number of nitrogens with two attached hydrogens (primary N) is 1. The van der Waals surface area contributed by atoms with Crippen LogP contribution < -0.4 is 5.84 Å². The Kier molecular flexibility index (Phi) is 4.95. The van der Waals surface area contributed by atoms with E-state index in [-0.39, 0.29) is 11.3 Å². The lowest BCUT2D eigenvalue weighted by Crippen LogP contribution is -2.42. The van der Waals surface area contributed by atoms with Crippen LogP contribution in [-0.4, -0.2) is 18.7 Å². The summed E-state index contributed by atoms with van der Waals surface area (Å²) < 4.78 is 24.9. The van der Waals surface area contributed by atoms with Crippen LogP contribution in [0.15, 0.2) is 59.5 Å². The largest absolute Gasteiger partial charge is 0.280 e. The molecule has 0 atom stereocenters. The topological polar surface area (TPSA) is 80.5 Å². The third kappa shape index (κ3) is 3.72. The fraction of sp³-hybridized carbons (Fsp3) is 0.188. The standard InChI is InChI=1S/C16H18N2O3S/c1-13-7-10-15(11-8-13)22(20,21)18(17)16(19)12-9-14-5-3-2-4-6-14/h2-8,10-11H,9,12,17H2,1H3. The van der Waals surface area contributed by atoms with Crippen molar-refractivity contribution in [2.75, 3.05) is 0 Å². The molecule has 0 radical (unpaired) electrons. The molecule has 0 spiro atoms. The maximum atomic E-state index is 12.3. The molecule has 0 aromatic heterocycles. The first-order valence-corrected chi connectivity index (χ1v) is 8.29. The van der Waals surface area contributed by atoms with Crippen LogP contribution in [0.25, 0.3) is 0 Å². The number of amides is 1.